The molecule has 0 aromatic rings. The summed E-state index contributed by atoms with van der Waals surface area (Å²) in [6, 6.07) is -0.862. The molecule has 2 rings (SSSR count). The Morgan fingerprint density at radius 2 is 2.06 bits per heavy atom. The zero-order chi connectivity index (χ0) is 12.6. The maximum Gasteiger partial charge on any atom is 0.220 e. The van der Waals surface area contributed by atoms with Crippen LogP contribution in [0.5, 0.6) is 0 Å². The highest BCUT2D eigenvalue weighted by atomic mass is 16.3. The third-order valence-electron chi connectivity index (χ3n) is 3.74. The number of nitrogens with one attached hydrogen (secondary N) is 1. The molecule has 0 bridgehead atoms. The second-order valence-electron chi connectivity index (χ2n) is 4.85. The van der Waals surface area contributed by atoms with Crippen molar-refractivity contribution in [2.24, 2.45) is 0 Å². The van der Waals surface area contributed by atoms with Crippen LogP contribution < -0.4 is 5.32 Å². The van der Waals surface area contributed by atoms with Crippen molar-refractivity contribution in [3.05, 3.63) is 0 Å². The number of aliphatic hydroxyl groups excluding tert-OH is 3. The summed E-state index contributed by atoms with van der Waals surface area (Å²) in [4.78, 5) is 13.3. The van der Waals surface area contributed by atoms with Crippen LogP contribution in [0.15, 0.2) is 0 Å². The van der Waals surface area contributed by atoms with Gasteiger partial charge < -0.3 is 20.6 Å². The molecule has 2 fully saturated rings. The predicted molar refractivity (Wildman–Crippen MR) is 60.2 cm³/mol. The Labute approximate surface area is 100 Å². The number of piperidine rings is 1. The average Bonchev–Trinajstić information content (AvgIpc) is 2.67. The van der Waals surface area contributed by atoms with Crippen molar-refractivity contribution in [1.29, 1.82) is 0 Å². The fourth-order valence-electron chi connectivity index (χ4n) is 2.76. The summed E-state index contributed by atoms with van der Waals surface area (Å²) in [5.74, 6) is -0.139. The Kier molecular flexibility index (Phi) is 3.67. The van der Waals surface area contributed by atoms with Crippen LogP contribution in [0.25, 0.3) is 0 Å². The van der Waals surface area contributed by atoms with Crippen molar-refractivity contribution in [2.45, 2.75) is 50.2 Å². The van der Waals surface area contributed by atoms with E-state index in [9.17, 15) is 20.1 Å². The number of amides is 1. The molecule has 0 spiro atoms. The Hall–Kier alpha value is -0.690. The molecule has 6 heteroatoms. The number of carbonyl (C=O) groups is 1. The third-order valence-corrected chi connectivity index (χ3v) is 3.74. The van der Waals surface area contributed by atoms with Crippen LogP contribution in [0.1, 0.15) is 19.8 Å². The normalized spacial score (nSPS) is 42.2. The minimum Gasteiger partial charge on any atom is -0.391 e. The maximum absolute atomic E-state index is 11.3. The fraction of sp³-hybridized carbons (Fsp3) is 0.909. The Bertz CT molecular complexity index is 299. The maximum atomic E-state index is 11.3. The first kappa shape index (κ1) is 12.8. The lowest BCUT2D eigenvalue weighted by Crippen LogP contribution is -2.65. The molecule has 6 nitrogen and oxygen atoms in total. The number of rotatable bonds is 2. The molecular weight excluding hydrogens is 224 g/mol. The molecule has 0 aromatic carbocycles. The number of hydrogen-bond acceptors (Lipinski definition) is 5. The van der Waals surface area contributed by atoms with Crippen molar-refractivity contribution in [2.75, 3.05) is 13.1 Å². The number of nitrogens with zero attached hydrogens (tertiary/aromatic N) is 1. The van der Waals surface area contributed by atoms with Gasteiger partial charge in [0.2, 0.25) is 5.91 Å². The van der Waals surface area contributed by atoms with Gasteiger partial charge in [-0.25, -0.2) is 0 Å². The fourth-order valence-corrected chi connectivity index (χ4v) is 2.76. The summed E-state index contributed by atoms with van der Waals surface area (Å²) in [5.41, 5.74) is 0. The molecule has 2 saturated heterocycles. The molecule has 2 aliphatic heterocycles. The summed E-state index contributed by atoms with van der Waals surface area (Å²) in [7, 11) is 0. The van der Waals surface area contributed by atoms with E-state index in [2.05, 4.69) is 5.32 Å². The second-order valence-corrected chi connectivity index (χ2v) is 4.85. The van der Waals surface area contributed by atoms with Gasteiger partial charge in [-0.15, -0.1) is 0 Å². The Balaban J connectivity index is 2.05. The van der Waals surface area contributed by atoms with E-state index < -0.39 is 30.4 Å². The number of fused-ring (bicyclic) bond motifs is 1. The van der Waals surface area contributed by atoms with Gasteiger partial charge in [-0.05, 0) is 6.42 Å². The van der Waals surface area contributed by atoms with E-state index in [1.165, 1.54) is 0 Å². The van der Waals surface area contributed by atoms with Gasteiger partial charge in [-0.2, -0.15) is 0 Å². The summed E-state index contributed by atoms with van der Waals surface area (Å²) in [5, 5.41) is 32.3. The van der Waals surface area contributed by atoms with E-state index in [4.69, 9.17) is 0 Å². The molecular formula is C11H20N2O4. The summed E-state index contributed by atoms with van der Waals surface area (Å²) in [6.45, 7) is 2.91. The Morgan fingerprint density at radius 1 is 1.35 bits per heavy atom. The van der Waals surface area contributed by atoms with Gasteiger partial charge >= 0.3 is 0 Å². The lowest BCUT2D eigenvalue weighted by molar-refractivity contribution is -0.129. The second kappa shape index (κ2) is 4.89. The first-order valence-electron chi connectivity index (χ1n) is 6.12. The average molecular weight is 244 g/mol. The SMILES string of the molecule is CCC(=O)NC1CN2CCC(O)C2C(O)C1O. The molecule has 5 unspecified atom stereocenters. The summed E-state index contributed by atoms with van der Waals surface area (Å²) in [6.07, 6.45) is -1.67. The molecule has 0 aromatic heterocycles. The number of carbonyl (C=O) groups excluding carboxylic acids is 1. The van der Waals surface area contributed by atoms with Gasteiger partial charge in [0.05, 0.1) is 24.3 Å². The van der Waals surface area contributed by atoms with Crippen molar-refractivity contribution >= 4 is 5.91 Å². The predicted octanol–water partition coefficient (Wildman–Crippen LogP) is -1.95. The smallest absolute Gasteiger partial charge is 0.220 e. The van der Waals surface area contributed by atoms with E-state index >= 15 is 0 Å². The van der Waals surface area contributed by atoms with Crippen LogP contribution in [0.2, 0.25) is 0 Å². The van der Waals surface area contributed by atoms with Crippen LogP contribution in [0.3, 0.4) is 0 Å². The zero-order valence-electron chi connectivity index (χ0n) is 9.91. The van der Waals surface area contributed by atoms with E-state index in [-0.39, 0.29) is 5.91 Å². The van der Waals surface area contributed by atoms with E-state index in [1.807, 2.05) is 4.90 Å². The topological polar surface area (TPSA) is 93.0 Å². The van der Waals surface area contributed by atoms with Gasteiger partial charge in [-0.1, -0.05) is 6.92 Å². The molecule has 0 aliphatic carbocycles. The van der Waals surface area contributed by atoms with Crippen molar-refractivity contribution in [3.8, 4) is 0 Å². The number of aliphatic hydroxyl groups is 3. The van der Waals surface area contributed by atoms with Gasteiger partial charge in [0.25, 0.3) is 0 Å². The minimum atomic E-state index is -1.01. The summed E-state index contributed by atoms with van der Waals surface area (Å²) < 4.78 is 0. The first-order valence-corrected chi connectivity index (χ1v) is 6.12. The first-order chi connectivity index (χ1) is 8.04. The largest absolute Gasteiger partial charge is 0.391 e. The molecule has 2 heterocycles. The van der Waals surface area contributed by atoms with Crippen LogP contribution in [0.4, 0.5) is 0 Å². The van der Waals surface area contributed by atoms with E-state index in [0.717, 1.165) is 0 Å². The van der Waals surface area contributed by atoms with Crippen molar-refractivity contribution < 1.29 is 20.1 Å². The highest BCUT2D eigenvalue weighted by molar-refractivity contribution is 5.76. The summed E-state index contributed by atoms with van der Waals surface area (Å²) >= 11 is 0. The minimum absolute atomic E-state index is 0.139. The van der Waals surface area contributed by atoms with E-state index in [1.54, 1.807) is 6.92 Å². The van der Waals surface area contributed by atoms with Crippen LogP contribution in [0, 0.1) is 0 Å². The molecule has 0 saturated carbocycles. The van der Waals surface area contributed by atoms with Crippen LogP contribution in [-0.4, -0.2) is 69.6 Å². The highest BCUT2D eigenvalue weighted by Gasteiger charge is 2.48. The molecule has 4 N–H and O–H groups in total. The molecule has 17 heavy (non-hydrogen) atoms. The van der Waals surface area contributed by atoms with Crippen LogP contribution in [-0.2, 0) is 4.79 Å². The van der Waals surface area contributed by atoms with Gasteiger partial charge in [-0.3, -0.25) is 9.69 Å². The zero-order valence-corrected chi connectivity index (χ0v) is 9.91. The molecule has 2 aliphatic rings. The molecule has 5 atom stereocenters. The van der Waals surface area contributed by atoms with E-state index in [0.29, 0.717) is 25.9 Å². The van der Waals surface area contributed by atoms with Gasteiger partial charge in [0.15, 0.2) is 0 Å². The van der Waals surface area contributed by atoms with Crippen molar-refractivity contribution in [1.82, 2.24) is 10.2 Å². The lowest BCUT2D eigenvalue weighted by atomic mass is 9.91. The quantitative estimate of drug-likeness (QED) is 0.453. The standard InChI is InChI=1S/C11H20N2O4/c1-2-8(15)12-6-5-13-4-3-7(14)9(13)11(17)10(6)16/h6-7,9-11,14,16-17H,2-5H2,1H3,(H,12,15). The lowest BCUT2D eigenvalue weighted by Gasteiger charge is -2.43. The Morgan fingerprint density at radius 3 is 2.71 bits per heavy atom. The molecule has 1 amide bonds. The molecule has 0 radical (unpaired) electrons. The van der Waals surface area contributed by atoms with Crippen LogP contribution >= 0.6 is 0 Å². The highest BCUT2D eigenvalue weighted by Crippen LogP contribution is 2.28. The monoisotopic (exact) mass is 244 g/mol. The van der Waals surface area contributed by atoms with Crippen molar-refractivity contribution in [3.63, 3.8) is 0 Å². The van der Waals surface area contributed by atoms with Gasteiger partial charge in [0.1, 0.15) is 6.10 Å². The van der Waals surface area contributed by atoms with Gasteiger partial charge in [0, 0.05) is 19.5 Å². The molecule has 98 valence electrons. The third kappa shape index (κ3) is 2.30. The number of hydrogen-bond donors (Lipinski definition) is 4.